The molecule has 1 unspecified atom stereocenters. The lowest BCUT2D eigenvalue weighted by Gasteiger charge is -2.17. The van der Waals surface area contributed by atoms with Crippen LogP contribution in [-0.4, -0.2) is 11.3 Å². The van der Waals surface area contributed by atoms with Gasteiger partial charge >= 0.3 is 6.18 Å². The van der Waals surface area contributed by atoms with Crippen molar-refractivity contribution in [1.29, 1.82) is 0 Å². The van der Waals surface area contributed by atoms with Crippen LogP contribution in [0, 0.1) is 0 Å². The van der Waals surface area contributed by atoms with E-state index in [9.17, 15) is 18.3 Å². The molecule has 0 aliphatic carbocycles. The SMILES string of the molecule is OC(c1cccc2cccc(Br)c12)C(F)(F)F. The van der Waals surface area contributed by atoms with Crippen LogP contribution in [0.25, 0.3) is 10.8 Å². The van der Waals surface area contributed by atoms with E-state index in [1.165, 1.54) is 12.1 Å². The molecule has 17 heavy (non-hydrogen) atoms. The third kappa shape index (κ3) is 2.30. The minimum Gasteiger partial charge on any atom is -0.379 e. The minimum atomic E-state index is -4.66. The Hall–Kier alpha value is -1.07. The third-order valence-electron chi connectivity index (χ3n) is 2.49. The van der Waals surface area contributed by atoms with E-state index in [1.54, 1.807) is 24.3 Å². The average molecular weight is 305 g/mol. The maximum atomic E-state index is 12.5. The van der Waals surface area contributed by atoms with Gasteiger partial charge in [0.25, 0.3) is 0 Å². The highest BCUT2D eigenvalue weighted by molar-refractivity contribution is 9.10. The zero-order valence-corrected chi connectivity index (χ0v) is 10.1. The number of hydrogen-bond donors (Lipinski definition) is 1. The van der Waals surface area contributed by atoms with Gasteiger partial charge in [0.1, 0.15) is 0 Å². The number of benzene rings is 2. The molecule has 2 rings (SSSR count). The highest BCUT2D eigenvalue weighted by atomic mass is 79.9. The zero-order valence-electron chi connectivity index (χ0n) is 8.50. The molecule has 90 valence electrons. The average Bonchev–Trinajstić information content (AvgIpc) is 2.26. The fraction of sp³-hybridized carbons (Fsp3) is 0.167. The van der Waals surface area contributed by atoms with Gasteiger partial charge in [0.05, 0.1) is 0 Å². The van der Waals surface area contributed by atoms with Gasteiger partial charge in [0.15, 0.2) is 6.10 Å². The van der Waals surface area contributed by atoms with Crippen molar-refractivity contribution in [3.8, 4) is 0 Å². The van der Waals surface area contributed by atoms with E-state index in [1.807, 2.05) is 0 Å². The van der Waals surface area contributed by atoms with Gasteiger partial charge in [0.2, 0.25) is 0 Å². The Balaban J connectivity index is 2.70. The van der Waals surface area contributed by atoms with E-state index >= 15 is 0 Å². The number of alkyl halides is 3. The van der Waals surface area contributed by atoms with Gasteiger partial charge in [-0.2, -0.15) is 13.2 Å². The summed E-state index contributed by atoms with van der Waals surface area (Å²) < 4.78 is 38.1. The number of aliphatic hydroxyl groups excluding tert-OH is 1. The monoisotopic (exact) mass is 304 g/mol. The summed E-state index contributed by atoms with van der Waals surface area (Å²) in [5.41, 5.74) is -0.137. The standard InChI is InChI=1S/C12H8BrF3O/c13-9-6-2-4-7-3-1-5-8(10(7)9)11(17)12(14,15)16/h1-6,11,17H. The lowest BCUT2D eigenvalue weighted by atomic mass is 10.0. The molecule has 0 saturated carbocycles. The van der Waals surface area contributed by atoms with Crippen molar-refractivity contribution in [3.63, 3.8) is 0 Å². The first-order chi connectivity index (χ1) is 7.91. The predicted molar refractivity (Wildman–Crippen MR) is 62.7 cm³/mol. The summed E-state index contributed by atoms with van der Waals surface area (Å²) >= 11 is 3.20. The molecule has 0 fully saturated rings. The molecule has 0 bridgehead atoms. The number of rotatable bonds is 1. The Labute approximate surface area is 104 Å². The zero-order chi connectivity index (χ0) is 12.6. The lowest BCUT2D eigenvalue weighted by molar-refractivity contribution is -0.206. The normalized spacial score (nSPS) is 13.9. The molecule has 1 nitrogen and oxygen atoms in total. The number of fused-ring (bicyclic) bond motifs is 1. The Bertz CT molecular complexity index is 546. The van der Waals surface area contributed by atoms with Crippen LogP contribution in [0.4, 0.5) is 13.2 Å². The van der Waals surface area contributed by atoms with E-state index in [4.69, 9.17) is 0 Å². The third-order valence-corrected chi connectivity index (χ3v) is 3.15. The van der Waals surface area contributed by atoms with Crippen LogP contribution < -0.4 is 0 Å². The molecular weight excluding hydrogens is 297 g/mol. The summed E-state index contributed by atoms with van der Waals surface area (Å²) in [4.78, 5) is 0. The number of halogens is 4. The van der Waals surface area contributed by atoms with Crippen LogP contribution in [0.5, 0.6) is 0 Å². The molecule has 0 aliphatic rings. The maximum absolute atomic E-state index is 12.5. The molecule has 0 aromatic heterocycles. The van der Waals surface area contributed by atoms with Gasteiger partial charge in [0, 0.05) is 9.86 Å². The van der Waals surface area contributed by atoms with Crippen LogP contribution in [0.15, 0.2) is 40.9 Å². The molecular formula is C12H8BrF3O. The molecule has 5 heteroatoms. The van der Waals surface area contributed by atoms with Crippen LogP contribution in [0.3, 0.4) is 0 Å². The molecule has 1 atom stereocenters. The molecule has 0 amide bonds. The first kappa shape index (κ1) is 12.4. The highest BCUT2D eigenvalue weighted by Crippen LogP contribution is 2.38. The van der Waals surface area contributed by atoms with Crippen molar-refractivity contribution in [3.05, 3.63) is 46.4 Å². The smallest absolute Gasteiger partial charge is 0.379 e. The number of hydrogen-bond acceptors (Lipinski definition) is 1. The van der Waals surface area contributed by atoms with Crippen molar-refractivity contribution < 1.29 is 18.3 Å². The Morgan fingerprint density at radius 2 is 1.65 bits per heavy atom. The van der Waals surface area contributed by atoms with E-state index in [0.29, 0.717) is 15.2 Å². The molecule has 0 saturated heterocycles. The maximum Gasteiger partial charge on any atom is 0.418 e. The molecule has 2 aromatic carbocycles. The van der Waals surface area contributed by atoms with Crippen molar-refractivity contribution in [2.24, 2.45) is 0 Å². The van der Waals surface area contributed by atoms with E-state index < -0.39 is 12.3 Å². The summed E-state index contributed by atoms with van der Waals surface area (Å²) in [5, 5.41) is 10.4. The summed E-state index contributed by atoms with van der Waals surface area (Å²) in [7, 11) is 0. The second-order valence-corrected chi connectivity index (χ2v) is 4.48. The fourth-order valence-corrected chi connectivity index (χ4v) is 2.34. The van der Waals surface area contributed by atoms with Gasteiger partial charge in [-0.1, -0.05) is 46.3 Å². The molecule has 0 radical (unpaired) electrons. The van der Waals surface area contributed by atoms with Crippen LogP contribution in [-0.2, 0) is 0 Å². The van der Waals surface area contributed by atoms with Gasteiger partial charge in [-0.05, 0) is 17.0 Å². The van der Waals surface area contributed by atoms with Gasteiger partial charge in [-0.15, -0.1) is 0 Å². The summed E-state index contributed by atoms with van der Waals surface area (Å²) in [5.74, 6) is 0. The summed E-state index contributed by atoms with van der Waals surface area (Å²) in [6, 6.07) is 9.56. The second kappa shape index (κ2) is 4.31. The first-order valence-electron chi connectivity index (χ1n) is 4.83. The Morgan fingerprint density at radius 3 is 2.24 bits per heavy atom. The Kier molecular flexibility index (Phi) is 3.14. The molecule has 0 aliphatic heterocycles. The summed E-state index contributed by atoms with van der Waals surface area (Å²) in [6.45, 7) is 0. The van der Waals surface area contributed by atoms with Gasteiger partial charge < -0.3 is 5.11 Å². The predicted octanol–water partition coefficient (Wildman–Crippen LogP) is 4.20. The number of aliphatic hydroxyl groups is 1. The van der Waals surface area contributed by atoms with E-state index in [2.05, 4.69) is 15.9 Å². The molecule has 0 heterocycles. The van der Waals surface area contributed by atoms with Gasteiger partial charge in [-0.3, -0.25) is 0 Å². The van der Waals surface area contributed by atoms with Crippen LogP contribution in [0.1, 0.15) is 11.7 Å². The second-order valence-electron chi connectivity index (χ2n) is 3.63. The molecule has 0 spiro atoms. The summed E-state index contributed by atoms with van der Waals surface area (Å²) in [6.07, 6.45) is -7.13. The fourth-order valence-electron chi connectivity index (χ4n) is 1.73. The van der Waals surface area contributed by atoms with Crippen molar-refractivity contribution in [2.75, 3.05) is 0 Å². The Morgan fingerprint density at radius 1 is 1.06 bits per heavy atom. The quantitative estimate of drug-likeness (QED) is 0.837. The molecule has 2 aromatic rings. The highest BCUT2D eigenvalue weighted by Gasteiger charge is 2.40. The largest absolute Gasteiger partial charge is 0.418 e. The van der Waals surface area contributed by atoms with E-state index in [0.717, 1.165) is 0 Å². The van der Waals surface area contributed by atoms with Crippen LogP contribution in [0.2, 0.25) is 0 Å². The van der Waals surface area contributed by atoms with Crippen molar-refractivity contribution >= 4 is 26.7 Å². The minimum absolute atomic E-state index is 0.137. The topological polar surface area (TPSA) is 20.2 Å². The van der Waals surface area contributed by atoms with Crippen molar-refractivity contribution in [2.45, 2.75) is 12.3 Å². The van der Waals surface area contributed by atoms with Crippen LogP contribution >= 0.6 is 15.9 Å². The van der Waals surface area contributed by atoms with Gasteiger partial charge in [-0.25, -0.2) is 0 Å². The molecule has 1 N–H and O–H groups in total. The first-order valence-corrected chi connectivity index (χ1v) is 5.62. The van der Waals surface area contributed by atoms with E-state index in [-0.39, 0.29) is 5.56 Å². The van der Waals surface area contributed by atoms with Crippen molar-refractivity contribution in [1.82, 2.24) is 0 Å². The lowest BCUT2D eigenvalue weighted by Crippen LogP contribution is -2.20.